The van der Waals surface area contributed by atoms with E-state index in [1.807, 2.05) is 78.7 Å². The Kier molecular flexibility index (Phi) is 9.77. The van der Waals surface area contributed by atoms with Crippen molar-refractivity contribution in [3.05, 3.63) is 94.5 Å². The lowest BCUT2D eigenvalue weighted by Crippen LogP contribution is -2.39. The molecule has 0 heterocycles. The fourth-order valence-electron chi connectivity index (χ4n) is 3.26. The molecule has 9 heteroatoms. The number of hydrogen-bond donors (Lipinski definition) is 4. The molecule has 1 amide bonds. The van der Waals surface area contributed by atoms with Gasteiger partial charge in [0, 0.05) is 42.1 Å². The summed E-state index contributed by atoms with van der Waals surface area (Å²) in [6, 6.07) is 23.5. The summed E-state index contributed by atoms with van der Waals surface area (Å²) in [6.07, 6.45) is 0. The van der Waals surface area contributed by atoms with Crippen molar-refractivity contribution in [2.45, 2.75) is 6.04 Å². The van der Waals surface area contributed by atoms with Gasteiger partial charge in [-0.05, 0) is 66.3 Å². The summed E-state index contributed by atoms with van der Waals surface area (Å²) < 4.78 is 6.04. The Morgan fingerprint density at radius 3 is 2.23 bits per heavy atom. The smallest absolute Gasteiger partial charge is 0.251 e. The maximum atomic E-state index is 13.3. The lowest BCUT2D eigenvalue weighted by molar-refractivity contribution is -0.117. The molecule has 4 N–H and O–H groups in total. The van der Waals surface area contributed by atoms with Gasteiger partial charge in [-0.1, -0.05) is 46.3 Å². The predicted molar refractivity (Wildman–Crippen MR) is 149 cm³/mol. The fourth-order valence-corrected chi connectivity index (χ4v) is 3.76. The van der Waals surface area contributed by atoms with Crippen LogP contribution >= 0.6 is 28.1 Å². The molecular formula is C26H28BrN5O2S. The second kappa shape index (κ2) is 13.0. The van der Waals surface area contributed by atoms with Crippen LogP contribution in [0, 0.1) is 5.41 Å². The van der Waals surface area contributed by atoms with Gasteiger partial charge in [0.05, 0.1) is 6.61 Å². The maximum absolute atomic E-state index is 13.3. The molecule has 0 aliphatic rings. The summed E-state index contributed by atoms with van der Waals surface area (Å²) in [5.74, 6) is 0.129. The minimum absolute atomic E-state index is 0.254. The quantitative estimate of drug-likeness (QED) is 0.169. The zero-order valence-corrected chi connectivity index (χ0v) is 21.9. The van der Waals surface area contributed by atoms with Crippen LogP contribution in [0.1, 0.15) is 17.2 Å². The highest BCUT2D eigenvalue weighted by Gasteiger charge is 2.22. The van der Waals surface area contributed by atoms with Gasteiger partial charge < -0.3 is 25.6 Å². The SMILES string of the molecule is COCCN(C)C(=N)c1ccc(NC(=O)C(NC(=S)Nc2ccc(Br)cc2)c2ccccc2)cc1. The monoisotopic (exact) mass is 553 g/mol. The summed E-state index contributed by atoms with van der Waals surface area (Å²) in [5.41, 5.74) is 2.97. The van der Waals surface area contributed by atoms with Crippen molar-refractivity contribution in [3.8, 4) is 0 Å². The minimum atomic E-state index is -0.704. The molecule has 182 valence electrons. The molecule has 0 aliphatic heterocycles. The second-order valence-electron chi connectivity index (χ2n) is 7.78. The van der Waals surface area contributed by atoms with Crippen LogP contribution in [0.3, 0.4) is 0 Å². The van der Waals surface area contributed by atoms with Crippen molar-refractivity contribution >= 4 is 56.4 Å². The van der Waals surface area contributed by atoms with Crippen LogP contribution < -0.4 is 16.0 Å². The molecule has 3 rings (SSSR count). The van der Waals surface area contributed by atoms with Gasteiger partial charge in [-0.25, -0.2) is 0 Å². The first-order valence-corrected chi connectivity index (χ1v) is 12.2. The molecular weight excluding hydrogens is 526 g/mol. The maximum Gasteiger partial charge on any atom is 0.251 e. The summed E-state index contributed by atoms with van der Waals surface area (Å²) in [7, 11) is 3.48. The number of rotatable bonds is 9. The Bertz CT molecular complexity index is 1140. The topological polar surface area (TPSA) is 89.5 Å². The van der Waals surface area contributed by atoms with Crippen LogP contribution in [0.5, 0.6) is 0 Å². The van der Waals surface area contributed by atoms with E-state index >= 15 is 0 Å². The summed E-state index contributed by atoms with van der Waals surface area (Å²) in [6.45, 7) is 1.16. The van der Waals surface area contributed by atoms with Crippen LogP contribution in [-0.4, -0.2) is 49.1 Å². The number of nitrogens with one attached hydrogen (secondary N) is 4. The average Bonchev–Trinajstić information content (AvgIpc) is 2.87. The molecule has 0 spiro atoms. The molecule has 3 aromatic carbocycles. The molecule has 0 bridgehead atoms. The Balaban J connectivity index is 1.69. The highest BCUT2D eigenvalue weighted by Crippen LogP contribution is 2.19. The number of amidine groups is 1. The normalized spacial score (nSPS) is 11.3. The third-order valence-corrected chi connectivity index (χ3v) is 5.96. The van der Waals surface area contributed by atoms with E-state index in [-0.39, 0.29) is 5.91 Å². The molecule has 35 heavy (non-hydrogen) atoms. The zero-order chi connectivity index (χ0) is 25.2. The van der Waals surface area contributed by atoms with Gasteiger partial charge in [0.2, 0.25) is 0 Å². The highest BCUT2D eigenvalue weighted by molar-refractivity contribution is 9.10. The fraction of sp³-hybridized carbons (Fsp3) is 0.192. The minimum Gasteiger partial charge on any atom is -0.383 e. The second-order valence-corrected chi connectivity index (χ2v) is 9.10. The summed E-state index contributed by atoms with van der Waals surface area (Å²) in [4.78, 5) is 15.1. The van der Waals surface area contributed by atoms with E-state index in [1.54, 1.807) is 19.2 Å². The number of carbonyl (C=O) groups excluding carboxylic acids is 1. The lowest BCUT2D eigenvalue weighted by atomic mass is 10.1. The number of amides is 1. The van der Waals surface area contributed by atoms with E-state index in [4.69, 9.17) is 22.4 Å². The van der Waals surface area contributed by atoms with Crippen molar-refractivity contribution in [2.75, 3.05) is 37.9 Å². The number of nitrogens with zero attached hydrogens (tertiary/aromatic N) is 1. The van der Waals surface area contributed by atoms with Gasteiger partial charge in [0.15, 0.2) is 5.11 Å². The lowest BCUT2D eigenvalue weighted by Gasteiger charge is -2.22. The number of anilines is 2. The van der Waals surface area contributed by atoms with E-state index < -0.39 is 6.04 Å². The number of halogens is 1. The van der Waals surface area contributed by atoms with Crippen molar-refractivity contribution in [2.24, 2.45) is 0 Å². The van der Waals surface area contributed by atoms with Gasteiger partial charge >= 0.3 is 0 Å². The molecule has 1 unspecified atom stereocenters. The van der Waals surface area contributed by atoms with Crippen LogP contribution in [0.15, 0.2) is 83.3 Å². The molecule has 0 aliphatic carbocycles. The van der Waals surface area contributed by atoms with Crippen molar-refractivity contribution in [1.29, 1.82) is 5.41 Å². The number of likely N-dealkylation sites (N-methyl/N-ethyl adjacent to an activating group) is 1. The number of ether oxygens (including phenoxy) is 1. The van der Waals surface area contributed by atoms with Crippen molar-refractivity contribution < 1.29 is 9.53 Å². The Hall–Kier alpha value is -3.27. The predicted octanol–water partition coefficient (Wildman–Crippen LogP) is 5.02. The number of methoxy groups -OCH3 is 1. The summed E-state index contributed by atoms with van der Waals surface area (Å²) in [5, 5.41) is 17.9. The number of thiocarbonyl (C=S) groups is 1. The van der Waals surface area contributed by atoms with Gasteiger partial charge in [0.1, 0.15) is 11.9 Å². The van der Waals surface area contributed by atoms with Crippen LogP contribution in [0.4, 0.5) is 11.4 Å². The van der Waals surface area contributed by atoms with Crippen LogP contribution in [-0.2, 0) is 9.53 Å². The molecule has 1 atom stereocenters. The average molecular weight is 555 g/mol. The van der Waals surface area contributed by atoms with E-state index in [2.05, 4.69) is 31.9 Å². The number of carbonyl (C=O) groups is 1. The van der Waals surface area contributed by atoms with Gasteiger partial charge in [-0.2, -0.15) is 0 Å². The number of hydrogen-bond acceptors (Lipinski definition) is 4. The largest absolute Gasteiger partial charge is 0.383 e. The van der Waals surface area contributed by atoms with Crippen molar-refractivity contribution in [3.63, 3.8) is 0 Å². The Labute approximate surface area is 219 Å². The molecule has 0 aromatic heterocycles. The van der Waals surface area contributed by atoms with E-state index in [0.29, 0.717) is 29.8 Å². The molecule has 3 aromatic rings. The first kappa shape index (κ1) is 26.3. The number of benzene rings is 3. The molecule has 7 nitrogen and oxygen atoms in total. The standard InChI is InChI=1S/C26H28BrN5O2S/c1-32(16-17-34-2)24(28)19-8-12-21(13-9-19)29-25(33)23(18-6-4-3-5-7-18)31-26(35)30-22-14-10-20(27)11-15-22/h3-15,23,28H,16-17H2,1-2H3,(H,29,33)(H2,30,31,35). The Morgan fingerprint density at radius 2 is 1.60 bits per heavy atom. The third kappa shape index (κ3) is 7.88. The molecule has 0 radical (unpaired) electrons. The van der Waals surface area contributed by atoms with Gasteiger partial charge in [-0.3, -0.25) is 10.2 Å². The first-order valence-electron chi connectivity index (χ1n) is 11.0. The van der Waals surface area contributed by atoms with E-state index in [9.17, 15) is 4.79 Å². The van der Waals surface area contributed by atoms with Crippen molar-refractivity contribution in [1.82, 2.24) is 10.2 Å². The molecule has 0 fully saturated rings. The highest BCUT2D eigenvalue weighted by atomic mass is 79.9. The Morgan fingerprint density at radius 1 is 1.00 bits per heavy atom. The summed E-state index contributed by atoms with van der Waals surface area (Å²) >= 11 is 8.89. The van der Waals surface area contributed by atoms with Crippen LogP contribution in [0.25, 0.3) is 0 Å². The van der Waals surface area contributed by atoms with E-state index in [0.717, 1.165) is 21.3 Å². The zero-order valence-electron chi connectivity index (χ0n) is 19.5. The molecule has 0 saturated carbocycles. The third-order valence-electron chi connectivity index (χ3n) is 5.21. The van der Waals surface area contributed by atoms with Gasteiger partial charge in [-0.15, -0.1) is 0 Å². The molecule has 0 saturated heterocycles. The van der Waals surface area contributed by atoms with Crippen LogP contribution in [0.2, 0.25) is 0 Å². The van der Waals surface area contributed by atoms with E-state index in [1.165, 1.54) is 0 Å². The van der Waals surface area contributed by atoms with Gasteiger partial charge in [0.25, 0.3) is 5.91 Å². The first-order chi connectivity index (χ1) is 16.9.